The fourth-order valence-electron chi connectivity index (χ4n) is 2.26. The van der Waals surface area contributed by atoms with Gasteiger partial charge in [0.2, 0.25) is 5.91 Å². The van der Waals surface area contributed by atoms with E-state index in [1.54, 1.807) is 0 Å². The quantitative estimate of drug-likeness (QED) is 0.893. The third-order valence-electron chi connectivity index (χ3n) is 3.28. The van der Waals surface area contributed by atoms with E-state index in [4.69, 9.17) is 11.6 Å². The number of carbonyl (C=O) groups is 1. The highest BCUT2D eigenvalue weighted by Crippen LogP contribution is 2.23. The van der Waals surface area contributed by atoms with E-state index < -0.39 is 0 Å². The molecule has 1 amide bonds. The van der Waals surface area contributed by atoms with Crippen molar-refractivity contribution >= 4 is 35.6 Å². The molecule has 1 heterocycles. The van der Waals surface area contributed by atoms with Crippen molar-refractivity contribution in [3.8, 4) is 0 Å². The van der Waals surface area contributed by atoms with Crippen molar-refractivity contribution in [3.05, 3.63) is 28.8 Å². The molecule has 0 saturated carbocycles. The summed E-state index contributed by atoms with van der Waals surface area (Å²) in [6.45, 7) is 3.06. The van der Waals surface area contributed by atoms with Crippen molar-refractivity contribution in [1.29, 1.82) is 0 Å². The third kappa shape index (κ3) is 5.01. The van der Waals surface area contributed by atoms with Gasteiger partial charge < -0.3 is 10.6 Å². The summed E-state index contributed by atoms with van der Waals surface area (Å²) >= 11 is 6.04. The van der Waals surface area contributed by atoms with Crippen LogP contribution in [0.1, 0.15) is 31.2 Å². The van der Waals surface area contributed by atoms with Gasteiger partial charge in [-0.25, -0.2) is 0 Å². The zero-order chi connectivity index (χ0) is 13.0. The molecule has 0 aromatic heterocycles. The maximum Gasteiger partial charge on any atom is 0.224 e. The molecule has 2 N–H and O–H groups in total. The number of amides is 1. The topological polar surface area (TPSA) is 41.1 Å². The molecule has 106 valence electrons. The van der Waals surface area contributed by atoms with Crippen LogP contribution in [0.5, 0.6) is 0 Å². The van der Waals surface area contributed by atoms with Crippen LogP contribution in [-0.4, -0.2) is 18.5 Å². The van der Waals surface area contributed by atoms with E-state index in [0.717, 1.165) is 18.5 Å². The van der Waals surface area contributed by atoms with Crippen LogP contribution in [0.15, 0.2) is 18.2 Å². The molecule has 1 aliphatic rings. The van der Waals surface area contributed by atoms with Crippen molar-refractivity contribution in [1.82, 2.24) is 5.32 Å². The van der Waals surface area contributed by atoms with Crippen LogP contribution in [0.4, 0.5) is 5.69 Å². The molecule has 3 nitrogen and oxygen atoms in total. The second-order valence-electron chi connectivity index (χ2n) is 4.86. The molecule has 1 unspecified atom stereocenters. The smallest absolute Gasteiger partial charge is 0.224 e. The minimum Gasteiger partial charge on any atom is -0.325 e. The Bertz CT molecular complexity index is 431. The first-order valence-corrected chi connectivity index (χ1v) is 6.82. The number of nitrogens with one attached hydrogen (secondary N) is 2. The summed E-state index contributed by atoms with van der Waals surface area (Å²) in [4.78, 5) is 11.8. The van der Waals surface area contributed by atoms with Crippen LogP contribution in [0.25, 0.3) is 0 Å². The first-order chi connectivity index (χ1) is 8.65. The first kappa shape index (κ1) is 16.3. The molecule has 0 bridgehead atoms. The summed E-state index contributed by atoms with van der Waals surface area (Å²) in [5.41, 5.74) is 1.80. The van der Waals surface area contributed by atoms with Gasteiger partial charge >= 0.3 is 0 Å². The van der Waals surface area contributed by atoms with E-state index >= 15 is 0 Å². The molecule has 19 heavy (non-hydrogen) atoms. The van der Waals surface area contributed by atoms with Crippen molar-refractivity contribution < 1.29 is 4.79 Å². The number of hydrogen-bond acceptors (Lipinski definition) is 2. The number of carbonyl (C=O) groups excluding carboxylic acids is 1. The van der Waals surface area contributed by atoms with Gasteiger partial charge in [0, 0.05) is 12.5 Å². The number of benzene rings is 1. The minimum absolute atomic E-state index is 0. The second kappa shape index (κ2) is 7.73. The van der Waals surface area contributed by atoms with Crippen LogP contribution in [0.2, 0.25) is 5.02 Å². The van der Waals surface area contributed by atoms with E-state index in [9.17, 15) is 4.79 Å². The fourth-order valence-corrected chi connectivity index (χ4v) is 2.42. The monoisotopic (exact) mass is 302 g/mol. The zero-order valence-electron chi connectivity index (χ0n) is 11.0. The van der Waals surface area contributed by atoms with Gasteiger partial charge in [0.05, 0.1) is 10.7 Å². The predicted molar refractivity (Wildman–Crippen MR) is 82.3 cm³/mol. The molecule has 1 aromatic carbocycles. The highest BCUT2D eigenvalue weighted by atomic mass is 35.5. The molecule has 5 heteroatoms. The lowest BCUT2D eigenvalue weighted by molar-refractivity contribution is -0.116. The summed E-state index contributed by atoms with van der Waals surface area (Å²) in [7, 11) is 0. The van der Waals surface area contributed by atoms with E-state index in [1.165, 1.54) is 12.8 Å². The average molecular weight is 303 g/mol. The van der Waals surface area contributed by atoms with Gasteiger partial charge in [-0.1, -0.05) is 17.7 Å². The normalized spacial score (nSPS) is 17.9. The highest BCUT2D eigenvalue weighted by molar-refractivity contribution is 6.33. The molecule has 1 aliphatic heterocycles. The Kier molecular flexibility index (Phi) is 6.63. The van der Waals surface area contributed by atoms with E-state index in [0.29, 0.717) is 23.2 Å². The Morgan fingerprint density at radius 1 is 1.53 bits per heavy atom. The number of halogens is 2. The standard InChI is InChI=1S/C14H19ClN2O.ClH/c1-10-4-6-12(15)13(9-10)17-14(18)7-5-11-3-2-8-16-11;/h4,6,9,11,16H,2-3,5,7-8H2,1H3,(H,17,18);1H. The summed E-state index contributed by atoms with van der Waals surface area (Å²) in [6.07, 6.45) is 3.84. The largest absolute Gasteiger partial charge is 0.325 e. The SMILES string of the molecule is Cc1ccc(Cl)c(NC(=O)CCC2CCCN2)c1.Cl. The van der Waals surface area contributed by atoms with Gasteiger partial charge in [-0.3, -0.25) is 4.79 Å². The van der Waals surface area contributed by atoms with Crippen molar-refractivity contribution in [3.63, 3.8) is 0 Å². The Balaban J connectivity index is 0.00000180. The lowest BCUT2D eigenvalue weighted by Crippen LogP contribution is -2.23. The van der Waals surface area contributed by atoms with Crippen LogP contribution in [-0.2, 0) is 4.79 Å². The van der Waals surface area contributed by atoms with Crippen molar-refractivity contribution in [2.24, 2.45) is 0 Å². The van der Waals surface area contributed by atoms with Crippen LogP contribution in [0.3, 0.4) is 0 Å². The van der Waals surface area contributed by atoms with Gasteiger partial charge in [-0.2, -0.15) is 0 Å². The van der Waals surface area contributed by atoms with Crippen LogP contribution >= 0.6 is 24.0 Å². The maximum absolute atomic E-state index is 11.8. The molecule has 2 rings (SSSR count). The molecule has 1 saturated heterocycles. The second-order valence-corrected chi connectivity index (χ2v) is 5.27. The predicted octanol–water partition coefficient (Wildman–Crippen LogP) is 3.54. The van der Waals surface area contributed by atoms with Gasteiger partial charge in [-0.05, 0) is 50.4 Å². The molecular weight excluding hydrogens is 283 g/mol. The molecule has 1 fully saturated rings. The Morgan fingerprint density at radius 3 is 3.00 bits per heavy atom. The van der Waals surface area contributed by atoms with Gasteiger partial charge in [-0.15, -0.1) is 12.4 Å². The van der Waals surface area contributed by atoms with Gasteiger partial charge in [0.1, 0.15) is 0 Å². The molecular formula is C14H20Cl2N2O. The number of rotatable bonds is 4. The molecule has 0 spiro atoms. The first-order valence-electron chi connectivity index (χ1n) is 6.44. The zero-order valence-corrected chi connectivity index (χ0v) is 12.6. The summed E-state index contributed by atoms with van der Waals surface area (Å²) in [6, 6.07) is 6.14. The molecule has 0 radical (unpaired) electrons. The Hall–Kier alpha value is -0.770. The summed E-state index contributed by atoms with van der Waals surface area (Å²) < 4.78 is 0. The third-order valence-corrected chi connectivity index (χ3v) is 3.61. The number of aryl methyl sites for hydroxylation is 1. The van der Waals surface area contributed by atoms with Crippen LogP contribution < -0.4 is 10.6 Å². The fraction of sp³-hybridized carbons (Fsp3) is 0.500. The lowest BCUT2D eigenvalue weighted by atomic mass is 10.1. The number of anilines is 1. The van der Waals surface area contributed by atoms with Crippen molar-refractivity contribution in [2.45, 2.75) is 38.6 Å². The summed E-state index contributed by atoms with van der Waals surface area (Å²) in [5, 5.41) is 6.86. The number of hydrogen-bond donors (Lipinski definition) is 2. The van der Waals surface area contributed by atoms with Crippen molar-refractivity contribution in [2.75, 3.05) is 11.9 Å². The summed E-state index contributed by atoms with van der Waals surface area (Å²) in [5.74, 6) is 0.0381. The van der Waals surface area contributed by atoms with E-state index in [2.05, 4.69) is 10.6 Å². The molecule has 1 aromatic rings. The van der Waals surface area contributed by atoms with E-state index in [-0.39, 0.29) is 18.3 Å². The maximum atomic E-state index is 11.8. The van der Waals surface area contributed by atoms with Gasteiger partial charge in [0.15, 0.2) is 0 Å². The van der Waals surface area contributed by atoms with Gasteiger partial charge in [0.25, 0.3) is 0 Å². The molecule has 0 aliphatic carbocycles. The molecule has 1 atom stereocenters. The lowest BCUT2D eigenvalue weighted by Gasteiger charge is -2.11. The Morgan fingerprint density at radius 2 is 2.32 bits per heavy atom. The highest BCUT2D eigenvalue weighted by Gasteiger charge is 2.15. The van der Waals surface area contributed by atoms with E-state index in [1.807, 2.05) is 25.1 Å². The Labute approximate surface area is 125 Å². The average Bonchev–Trinajstić information content (AvgIpc) is 2.84. The minimum atomic E-state index is 0. The van der Waals surface area contributed by atoms with Crippen LogP contribution in [0, 0.1) is 6.92 Å².